The third kappa shape index (κ3) is 3.70. The summed E-state index contributed by atoms with van der Waals surface area (Å²) in [5.41, 5.74) is 4.38. The largest absolute Gasteiger partial charge is 0.378 e. The highest BCUT2D eigenvalue weighted by molar-refractivity contribution is 5.79. The van der Waals surface area contributed by atoms with Crippen LogP contribution in [0.3, 0.4) is 0 Å². The fraction of sp³-hybridized carbons (Fsp3) is 0.450. The van der Waals surface area contributed by atoms with Crippen LogP contribution < -0.4 is 4.90 Å². The Morgan fingerprint density at radius 2 is 2.08 bits per heavy atom. The average Bonchev–Trinajstić information content (AvgIpc) is 2.68. The topological polar surface area (TPSA) is 58.6 Å². The second-order valence-electron chi connectivity index (χ2n) is 6.97. The molecule has 2 aliphatic rings. The van der Waals surface area contributed by atoms with E-state index in [2.05, 4.69) is 28.9 Å². The van der Waals surface area contributed by atoms with E-state index in [1.54, 1.807) is 0 Å². The van der Waals surface area contributed by atoms with Crippen molar-refractivity contribution in [1.82, 2.24) is 14.9 Å². The molecule has 1 aromatic heterocycles. The Labute approximate surface area is 153 Å². The standard InChI is InChI=1S/C20H24N4O2/c1-15-3-2-4-16(11-15)12-19(25)24-6-5-17-13-21-20(22-18(17)14-24)23-7-9-26-10-8-23/h2-4,11,13H,5-10,12,14H2,1H3. The van der Waals surface area contributed by atoms with Gasteiger partial charge in [0.25, 0.3) is 0 Å². The van der Waals surface area contributed by atoms with Gasteiger partial charge in [-0.3, -0.25) is 4.79 Å². The molecule has 1 aromatic carbocycles. The molecule has 1 fully saturated rings. The number of aromatic nitrogens is 2. The fourth-order valence-corrected chi connectivity index (χ4v) is 3.53. The number of hydrogen-bond donors (Lipinski definition) is 0. The highest BCUT2D eigenvalue weighted by atomic mass is 16.5. The van der Waals surface area contributed by atoms with Crippen LogP contribution >= 0.6 is 0 Å². The molecule has 1 amide bonds. The van der Waals surface area contributed by atoms with Gasteiger partial charge in [-0.2, -0.15) is 0 Å². The maximum atomic E-state index is 12.7. The van der Waals surface area contributed by atoms with Gasteiger partial charge in [0.2, 0.25) is 11.9 Å². The Morgan fingerprint density at radius 1 is 1.23 bits per heavy atom. The summed E-state index contributed by atoms with van der Waals surface area (Å²) in [6.07, 6.45) is 3.19. The van der Waals surface area contributed by atoms with Gasteiger partial charge in [-0.1, -0.05) is 29.8 Å². The predicted octanol–water partition coefficient (Wildman–Crippen LogP) is 1.75. The maximum absolute atomic E-state index is 12.7. The first-order valence-electron chi connectivity index (χ1n) is 9.20. The van der Waals surface area contributed by atoms with Crippen molar-refractivity contribution < 1.29 is 9.53 Å². The summed E-state index contributed by atoms with van der Waals surface area (Å²) in [4.78, 5) is 26.1. The van der Waals surface area contributed by atoms with Crippen molar-refractivity contribution in [3.8, 4) is 0 Å². The quantitative estimate of drug-likeness (QED) is 0.842. The van der Waals surface area contributed by atoms with Gasteiger partial charge in [-0.05, 0) is 24.5 Å². The van der Waals surface area contributed by atoms with E-state index in [0.29, 0.717) is 26.2 Å². The summed E-state index contributed by atoms with van der Waals surface area (Å²) in [6.45, 7) is 6.40. The normalized spacial score (nSPS) is 17.1. The molecular formula is C20H24N4O2. The molecule has 4 rings (SSSR count). The van der Waals surface area contributed by atoms with Crippen LogP contribution in [0.2, 0.25) is 0 Å². The molecule has 0 bridgehead atoms. The first kappa shape index (κ1) is 17.0. The lowest BCUT2D eigenvalue weighted by Crippen LogP contribution is -2.39. The van der Waals surface area contributed by atoms with Gasteiger partial charge in [0.05, 0.1) is 31.9 Å². The van der Waals surface area contributed by atoms with Gasteiger partial charge in [-0.15, -0.1) is 0 Å². The Hall–Kier alpha value is -2.47. The summed E-state index contributed by atoms with van der Waals surface area (Å²) in [7, 11) is 0. The minimum absolute atomic E-state index is 0.160. The number of nitrogens with zero attached hydrogens (tertiary/aromatic N) is 4. The summed E-state index contributed by atoms with van der Waals surface area (Å²) in [5, 5.41) is 0. The second kappa shape index (κ2) is 7.41. The molecule has 0 aliphatic carbocycles. The molecule has 0 atom stereocenters. The number of carbonyl (C=O) groups excluding carboxylic acids is 1. The van der Waals surface area contributed by atoms with Gasteiger partial charge in [0.15, 0.2) is 0 Å². The molecule has 2 aromatic rings. The summed E-state index contributed by atoms with van der Waals surface area (Å²) >= 11 is 0. The van der Waals surface area contributed by atoms with Crippen molar-refractivity contribution in [1.29, 1.82) is 0 Å². The molecule has 0 unspecified atom stereocenters. The van der Waals surface area contributed by atoms with E-state index in [1.807, 2.05) is 23.2 Å². The zero-order chi connectivity index (χ0) is 17.9. The van der Waals surface area contributed by atoms with E-state index in [0.717, 1.165) is 48.8 Å². The maximum Gasteiger partial charge on any atom is 0.227 e. The number of rotatable bonds is 3. The van der Waals surface area contributed by atoms with Crippen LogP contribution in [-0.4, -0.2) is 53.6 Å². The van der Waals surface area contributed by atoms with Crippen LogP contribution in [0.15, 0.2) is 30.5 Å². The number of anilines is 1. The number of aryl methyl sites for hydroxylation is 1. The zero-order valence-electron chi connectivity index (χ0n) is 15.1. The van der Waals surface area contributed by atoms with Gasteiger partial charge in [0.1, 0.15) is 0 Å². The third-order valence-corrected chi connectivity index (χ3v) is 5.02. The van der Waals surface area contributed by atoms with Crippen molar-refractivity contribution in [2.75, 3.05) is 37.7 Å². The van der Waals surface area contributed by atoms with Crippen LogP contribution in [0.25, 0.3) is 0 Å². The van der Waals surface area contributed by atoms with Crippen molar-refractivity contribution >= 4 is 11.9 Å². The minimum atomic E-state index is 0.160. The number of ether oxygens (including phenoxy) is 1. The molecule has 0 radical (unpaired) electrons. The molecule has 0 N–H and O–H groups in total. The lowest BCUT2D eigenvalue weighted by molar-refractivity contribution is -0.131. The van der Waals surface area contributed by atoms with Crippen LogP contribution in [0.5, 0.6) is 0 Å². The highest BCUT2D eigenvalue weighted by Crippen LogP contribution is 2.20. The van der Waals surface area contributed by atoms with E-state index < -0.39 is 0 Å². The Kier molecular flexibility index (Phi) is 4.84. The molecule has 0 spiro atoms. The van der Waals surface area contributed by atoms with E-state index >= 15 is 0 Å². The predicted molar refractivity (Wildman–Crippen MR) is 99.1 cm³/mol. The lowest BCUT2D eigenvalue weighted by Gasteiger charge is -2.31. The second-order valence-corrected chi connectivity index (χ2v) is 6.97. The van der Waals surface area contributed by atoms with E-state index in [4.69, 9.17) is 9.72 Å². The summed E-state index contributed by atoms with van der Waals surface area (Å²) < 4.78 is 5.40. The Morgan fingerprint density at radius 3 is 2.88 bits per heavy atom. The first-order valence-corrected chi connectivity index (χ1v) is 9.20. The van der Waals surface area contributed by atoms with Gasteiger partial charge >= 0.3 is 0 Å². The van der Waals surface area contributed by atoms with E-state index in [9.17, 15) is 4.79 Å². The molecule has 1 saturated heterocycles. The molecule has 6 nitrogen and oxygen atoms in total. The Bertz CT molecular complexity index is 802. The van der Waals surface area contributed by atoms with Crippen molar-refractivity contribution in [3.63, 3.8) is 0 Å². The number of hydrogen-bond acceptors (Lipinski definition) is 5. The van der Waals surface area contributed by atoms with Gasteiger partial charge < -0.3 is 14.5 Å². The number of morpholine rings is 1. The molecule has 3 heterocycles. The van der Waals surface area contributed by atoms with Gasteiger partial charge in [-0.25, -0.2) is 9.97 Å². The monoisotopic (exact) mass is 352 g/mol. The molecule has 6 heteroatoms. The number of amides is 1. The SMILES string of the molecule is Cc1cccc(CC(=O)N2CCc3cnc(N4CCOCC4)nc3C2)c1. The third-order valence-electron chi connectivity index (χ3n) is 5.02. The van der Waals surface area contributed by atoms with E-state index in [-0.39, 0.29) is 5.91 Å². The lowest BCUT2D eigenvalue weighted by atomic mass is 10.0. The first-order chi connectivity index (χ1) is 12.7. The van der Waals surface area contributed by atoms with Crippen LogP contribution in [0.1, 0.15) is 22.4 Å². The van der Waals surface area contributed by atoms with Gasteiger partial charge in [0, 0.05) is 25.8 Å². The van der Waals surface area contributed by atoms with Crippen LogP contribution in [0.4, 0.5) is 5.95 Å². The molecule has 136 valence electrons. The minimum Gasteiger partial charge on any atom is -0.378 e. The molecule has 26 heavy (non-hydrogen) atoms. The fourth-order valence-electron chi connectivity index (χ4n) is 3.53. The number of fused-ring (bicyclic) bond motifs is 1. The molecule has 2 aliphatic heterocycles. The van der Waals surface area contributed by atoms with Crippen molar-refractivity contribution in [3.05, 3.63) is 52.8 Å². The number of benzene rings is 1. The van der Waals surface area contributed by atoms with Crippen LogP contribution in [0, 0.1) is 6.92 Å². The van der Waals surface area contributed by atoms with Crippen molar-refractivity contribution in [2.24, 2.45) is 0 Å². The molecule has 0 saturated carbocycles. The molecular weight excluding hydrogens is 328 g/mol. The van der Waals surface area contributed by atoms with Crippen molar-refractivity contribution in [2.45, 2.75) is 26.3 Å². The smallest absolute Gasteiger partial charge is 0.227 e. The average molecular weight is 352 g/mol. The Balaban J connectivity index is 1.46. The zero-order valence-corrected chi connectivity index (χ0v) is 15.1. The van der Waals surface area contributed by atoms with E-state index in [1.165, 1.54) is 5.56 Å². The summed E-state index contributed by atoms with van der Waals surface area (Å²) in [5.74, 6) is 0.910. The summed E-state index contributed by atoms with van der Waals surface area (Å²) in [6, 6.07) is 8.15. The highest BCUT2D eigenvalue weighted by Gasteiger charge is 2.24. The van der Waals surface area contributed by atoms with Crippen LogP contribution in [-0.2, 0) is 28.9 Å². The number of carbonyl (C=O) groups is 1.